The number of sulfonamides is 1. The monoisotopic (exact) mass is 541 g/mol. The number of hydrogen-bond acceptors (Lipinski definition) is 6. The molecule has 2 heterocycles. The van der Waals surface area contributed by atoms with E-state index in [0.29, 0.717) is 43.7 Å². The third-order valence-corrected chi connectivity index (χ3v) is 8.17. The number of pyridine rings is 1. The van der Waals surface area contributed by atoms with Gasteiger partial charge in [-0.3, -0.25) is 14.5 Å². The van der Waals surface area contributed by atoms with Crippen LogP contribution in [0.1, 0.15) is 17.5 Å². The first kappa shape index (κ1) is 26.6. The number of nitrogens with zero attached hydrogens (tertiary/aromatic N) is 2. The fourth-order valence-corrected chi connectivity index (χ4v) is 5.97. The molecule has 0 atom stereocenters. The van der Waals surface area contributed by atoms with Gasteiger partial charge in [0.05, 0.1) is 18.1 Å². The largest absolute Gasteiger partial charge is 0.378 e. The highest BCUT2D eigenvalue weighted by atomic mass is 32.2. The lowest BCUT2D eigenvalue weighted by Crippen LogP contribution is -2.36. The molecule has 0 spiro atoms. The van der Waals surface area contributed by atoms with Gasteiger partial charge in [0.1, 0.15) is 5.78 Å². The molecule has 1 saturated heterocycles. The second-order valence-electron chi connectivity index (χ2n) is 9.53. The molecule has 7 nitrogen and oxygen atoms in total. The molecule has 3 aromatic carbocycles. The Labute approximate surface area is 229 Å². The molecule has 4 aromatic rings. The molecule has 0 bridgehead atoms. The maximum atomic E-state index is 13.5. The molecular formula is C31H31N3O4S. The van der Waals surface area contributed by atoms with Crippen molar-refractivity contribution in [2.45, 2.75) is 24.2 Å². The standard InChI is InChI=1S/C31H31N3O4S/c35-29(15-12-25-5-4-16-32-23-25)21-24-10-13-27(14-11-24)33-39(36,37)31-9-2-1-8-30(31)26-6-3-7-28(22-26)34-17-19-38-20-18-34/h1-11,13-14,16,22-23,33H,12,15,17-21H2. The summed E-state index contributed by atoms with van der Waals surface area (Å²) in [5.74, 6) is 0.125. The minimum atomic E-state index is -3.86. The number of ether oxygens (including phenoxy) is 1. The zero-order valence-electron chi connectivity index (χ0n) is 21.6. The van der Waals surface area contributed by atoms with Crippen molar-refractivity contribution in [1.82, 2.24) is 4.98 Å². The fraction of sp³-hybridized carbons (Fsp3) is 0.226. The summed E-state index contributed by atoms with van der Waals surface area (Å²) >= 11 is 0. The van der Waals surface area contributed by atoms with Gasteiger partial charge < -0.3 is 9.64 Å². The molecule has 0 aliphatic carbocycles. The van der Waals surface area contributed by atoms with Crippen LogP contribution in [0.5, 0.6) is 0 Å². The smallest absolute Gasteiger partial charge is 0.262 e. The molecule has 0 amide bonds. The van der Waals surface area contributed by atoms with E-state index in [9.17, 15) is 13.2 Å². The number of ketones is 1. The van der Waals surface area contributed by atoms with Gasteiger partial charge in [0.2, 0.25) is 0 Å². The van der Waals surface area contributed by atoms with E-state index in [1.165, 1.54) is 0 Å². The van der Waals surface area contributed by atoms with Gasteiger partial charge in [-0.05, 0) is 59.5 Å². The van der Waals surface area contributed by atoms with E-state index in [2.05, 4.69) is 14.6 Å². The predicted octanol–water partition coefficient (Wildman–Crippen LogP) is 5.13. The number of aryl methyl sites for hydroxylation is 1. The van der Waals surface area contributed by atoms with Crippen molar-refractivity contribution >= 4 is 27.2 Å². The van der Waals surface area contributed by atoms with Crippen LogP contribution >= 0.6 is 0 Å². The topological polar surface area (TPSA) is 88.6 Å². The molecule has 0 radical (unpaired) electrons. The van der Waals surface area contributed by atoms with Crippen molar-refractivity contribution in [3.8, 4) is 11.1 Å². The number of Topliss-reactive ketones (excluding diaryl/α,β-unsaturated/α-hetero) is 1. The van der Waals surface area contributed by atoms with Crippen molar-refractivity contribution in [3.63, 3.8) is 0 Å². The van der Waals surface area contributed by atoms with Crippen LogP contribution in [0.2, 0.25) is 0 Å². The number of hydrogen-bond donors (Lipinski definition) is 1. The lowest BCUT2D eigenvalue weighted by Gasteiger charge is -2.29. The normalized spacial score (nSPS) is 13.7. The van der Waals surface area contributed by atoms with Gasteiger partial charge in [0.15, 0.2) is 0 Å². The van der Waals surface area contributed by atoms with Crippen LogP contribution in [0.4, 0.5) is 11.4 Å². The Morgan fingerprint density at radius 2 is 1.69 bits per heavy atom. The molecule has 1 fully saturated rings. The molecule has 39 heavy (non-hydrogen) atoms. The summed E-state index contributed by atoms with van der Waals surface area (Å²) in [6.07, 6.45) is 4.87. The number of benzene rings is 3. The quantitative estimate of drug-likeness (QED) is 0.299. The Hall–Kier alpha value is -4.01. The van der Waals surface area contributed by atoms with Crippen LogP contribution in [0.25, 0.3) is 11.1 Å². The molecule has 200 valence electrons. The van der Waals surface area contributed by atoms with E-state index in [1.54, 1.807) is 48.8 Å². The first-order chi connectivity index (χ1) is 19.0. The highest BCUT2D eigenvalue weighted by molar-refractivity contribution is 7.92. The second kappa shape index (κ2) is 12.2. The lowest BCUT2D eigenvalue weighted by atomic mass is 10.0. The molecular weight excluding hydrogens is 510 g/mol. The van der Waals surface area contributed by atoms with Crippen LogP contribution in [0, 0.1) is 0 Å². The van der Waals surface area contributed by atoms with E-state index >= 15 is 0 Å². The Balaban J connectivity index is 1.27. The Morgan fingerprint density at radius 1 is 0.897 bits per heavy atom. The van der Waals surface area contributed by atoms with Gasteiger partial charge in [0, 0.05) is 55.3 Å². The summed E-state index contributed by atoms with van der Waals surface area (Å²) in [7, 11) is -3.86. The number of nitrogens with one attached hydrogen (secondary N) is 1. The zero-order chi connectivity index (χ0) is 27.1. The average Bonchev–Trinajstić information content (AvgIpc) is 2.98. The molecule has 1 N–H and O–H groups in total. The van der Waals surface area contributed by atoms with Gasteiger partial charge in [-0.2, -0.15) is 0 Å². The third kappa shape index (κ3) is 6.90. The maximum absolute atomic E-state index is 13.5. The van der Waals surface area contributed by atoms with Gasteiger partial charge >= 0.3 is 0 Å². The lowest BCUT2D eigenvalue weighted by molar-refractivity contribution is -0.118. The summed E-state index contributed by atoms with van der Waals surface area (Å²) in [4.78, 5) is 19.0. The summed E-state index contributed by atoms with van der Waals surface area (Å²) in [5.41, 5.74) is 4.83. The fourth-order valence-electron chi connectivity index (χ4n) is 4.68. The van der Waals surface area contributed by atoms with Crippen molar-refractivity contribution in [2.75, 3.05) is 35.9 Å². The molecule has 8 heteroatoms. The van der Waals surface area contributed by atoms with Crippen molar-refractivity contribution in [1.29, 1.82) is 0 Å². The number of anilines is 2. The molecule has 5 rings (SSSR count). The number of rotatable bonds is 10. The highest BCUT2D eigenvalue weighted by Crippen LogP contribution is 2.31. The summed E-state index contributed by atoms with van der Waals surface area (Å²) in [6, 6.07) is 25.8. The molecule has 1 aliphatic rings. The van der Waals surface area contributed by atoms with Gasteiger partial charge in [-0.1, -0.05) is 48.5 Å². The van der Waals surface area contributed by atoms with Gasteiger partial charge in [-0.25, -0.2) is 8.42 Å². The van der Waals surface area contributed by atoms with Crippen molar-refractivity contribution < 1.29 is 17.9 Å². The van der Waals surface area contributed by atoms with Gasteiger partial charge in [-0.15, -0.1) is 0 Å². The second-order valence-corrected chi connectivity index (χ2v) is 11.2. The molecule has 1 aliphatic heterocycles. The molecule has 0 unspecified atom stereocenters. The predicted molar refractivity (Wildman–Crippen MR) is 153 cm³/mol. The number of carbonyl (C=O) groups is 1. The van der Waals surface area contributed by atoms with Crippen LogP contribution in [0.15, 0.2) is 102 Å². The van der Waals surface area contributed by atoms with Crippen molar-refractivity contribution in [3.05, 3.63) is 108 Å². The SMILES string of the molecule is O=C(CCc1cccnc1)Cc1ccc(NS(=O)(=O)c2ccccc2-c2cccc(N3CCOCC3)c2)cc1. The first-order valence-corrected chi connectivity index (χ1v) is 14.5. The van der Waals surface area contributed by atoms with Crippen LogP contribution in [0.3, 0.4) is 0 Å². The van der Waals surface area contributed by atoms with E-state index in [1.807, 2.05) is 48.5 Å². The summed E-state index contributed by atoms with van der Waals surface area (Å²) in [5, 5.41) is 0. The number of morpholine rings is 1. The first-order valence-electron chi connectivity index (χ1n) is 13.0. The Morgan fingerprint density at radius 3 is 2.46 bits per heavy atom. The number of aromatic nitrogens is 1. The van der Waals surface area contributed by atoms with Gasteiger partial charge in [0.25, 0.3) is 10.0 Å². The van der Waals surface area contributed by atoms with E-state index in [-0.39, 0.29) is 10.7 Å². The molecule has 1 aromatic heterocycles. The Kier molecular flexibility index (Phi) is 8.34. The zero-order valence-corrected chi connectivity index (χ0v) is 22.4. The highest BCUT2D eigenvalue weighted by Gasteiger charge is 2.20. The van der Waals surface area contributed by atoms with Crippen LogP contribution < -0.4 is 9.62 Å². The summed E-state index contributed by atoms with van der Waals surface area (Å²) < 4.78 is 35.1. The average molecular weight is 542 g/mol. The minimum absolute atomic E-state index is 0.125. The Bertz CT molecular complexity index is 1520. The minimum Gasteiger partial charge on any atom is -0.378 e. The van der Waals surface area contributed by atoms with E-state index in [4.69, 9.17) is 4.74 Å². The van der Waals surface area contributed by atoms with Crippen molar-refractivity contribution in [2.24, 2.45) is 0 Å². The molecule has 0 saturated carbocycles. The summed E-state index contributed by atoms with van der Waals surface area (Å²) in [6.45, 7) is 2.96. The van der Waals surface area contributed by atoms with Crippen LogP contribution in [-0.2, 0) is 32.4 Å². The maximum Gasteiger partial charge on any atom is 0.262 e. The van der Waals surface area contributed by atoms with Crippen LogP contribution in [-0.4, -0.2) is 45.5 Å². The van der Waals surface area contributed by atoms with E-state index < -0.39 is 10.0 Å². The van der Waals surface area contributed by atoms with E-state index in [0.717, 1.165) is 35.5 Å². The third-order valence-electron chi connectivity index (χ3n) is 6.73. The number of carbonyl (C=O) groups excluding carboxylic acids is 1.